The number of carbonyl (C=O) groups excluding carboxylic acids is 1. The Morgan fingerprint density at radius 1 is 1.17 bits per heavy atom. The Bertz CT molecular complexity index is 489. The molecular weight excluding hydrogens is 314 g/mol. The minimum Gasteiger partial charge on any atom is -0.465 e. The van der Waals surface area contributed by atoms with Crippen LogP contribution in [-0.2, 0) is 19.6 Å². The van der Waals surface area contributed by atoms with Gasteiger partial charge in [-0.2, -0.15) is 4.72 Å². The molecule has 1 N–H and O–H groups in total. The van der Waals surface area contributed by atoms with Gasteiger partial charge in [0.15, 0.2) is 0 Å². The first-order chi connectivity index (χ1) is 10.6. The first-order valence-corrected chi connectivity index (χ1v) is 9.96. The number of carbonyl (C=O) groups is 1. The molecule has 0 aliphatic heterocycles. The number of unbranched alkanes of at least 4 members (excludes halogenated alkanes) is 2. The van der Waals surface area contributed by atoms with E-state index in [4.69, 9.17) is 4.74 Å². The smallest absolute Gasteiger partial charge is 0.328 e. The Morgan fingerprint density at radius 2 is 1.78 bits per heavy atom. The zero-order chi connectivity index (χ0) is 18.1. The van der Waals surface area contributed by atoms with Crippen molar-refractivity contribution in [2.24, 2.45) is 0 Å². The molecule has 0 bridgehead atoms. The van der Waals surface area contributed by atoms with Crippen LogP contribution in [-0.4, -0.2) is 31.8 Å². The number of esters is 1. The standard InChI is InChI=1S/C17H33NO4S/c1-7-10-11-13-14(12-8-2)15(16(19)22-9-3)18-23(20,21)17(4,5)6/h12,15,18H,7-11,13H2,1-6H3/b14-12+/t15-/m0/s1. The van der Waals surface area contributed by atoms with Gasteiger partial charge in [0.2, 0.25) is 10.0 Å². The van der Waals surface area contributed by atoms with Gasteiger partial charge in [0.05, 0.1) is 11.4 Å². The van der Waals surface area contributed by atoms with E-state index in [2.05, 4.69) is 11.6 Å². The van der Waals surface area contributed by atoms with Crippen molar-refractivity contribution in [2.75, 3.05) is 6.61 Å². The summed E-state index contributed by atoms with van der Waals surface area (Å²) in [5.74, 6) is -0.531. The summed E-state index contributed by atoms with van der Waals surface area (Å²) in [6, 6.07) is -0.934. The lowest BCUT2D eigenvalue weighted by Gasteiger charge is -2.26. The van der Waals surface area contributed by atoms with Crippen LogP contribution in [0.1, 0.15) is 73.6 Å². The molecular formula is C17H33NO4S. The highest BCUT2D eigenvalue weighted by atomic mass is 32.2. The van der Waals surface area contributed by atoms with Gasteiger partial charge in [-0.05, 0) is 52.5 Å². The van der Waals surface area contributed by atoms with E-state index in [1.807, 2.05) is 13.0 Å². The summed E-state index contributed by atoms with van der Waals surface area (Å²) in [7, 11) is -3.65. The van der Waals surface area contributed by atoms with E-state index in [1.165, 1.54) is 0 Å². The Hall–Kier alpha value is -0.880. The molecule has 6 heteroatoms. The van der Waals surface area contributed by atoms with Crippen molar-refractivity contribution in [3.63, 3.8) is 0 Å². The SMILES string of the molecule is CC/C=C(\CCCCC)[C@H](NS(=O)(=O)C(C)(C)C)C(=O)OCC. The van der Waals surface area contributed by atoms with Crippen LogP contribution in [0.5, 0.6) is 0 Å². The lowest BCUT2D eigenvalue weighted by atomic mass is 10.00. The molecule has 0 aliphatic carbocycles. The number of hydrogen-bond acceptors (Lipinski definition) is 4. The molecule has 0 aromatic rings. The van der Waals surface area contributed by atoms with Gasteiger partial charge in [-0.25, -0.2) is 13.2 Å². The molecule has 0 saturated heterocycles. The zero-order valence-electron chi connectivity index (χ0n) is 15.4. The average molecular weight is 348 g/mol. The highest BCUT2D eigenvalue weighted by molar-refractivity contribution is 7.90. The number of allylic oxidation sites excluding steroid dienone is 1. The van der Waals surface area contributed by atoms with Crippen LogP contribution in [0, 0.1) is 0 Å². The quantitative estimate of drug-likeness (QED) is 0.373. The van der Waals surface area contributed by atoms with Crippen molar-refractivity contribution in [3.8, 4) is 0 Å². The van der Waals surface area contributed by atoms with Gasteiger partial charge in [-0.1, -0.05) is 32.8 Å². The highest BCUT2D eigenvalue weighted by Gasteiger charge is 2.35. The summed E-state index contributed by atoms with van der Waals surface area (Å²) in [4.78, 5) is 12.3. The first kappa shape index (κ1) is 22.1. The van der Waals surface area contributed by atoms with E-state index in [1.54, 1.807) is 27.7 Å². The van der Waals surface area contributed by atoms with Crippen LogP contribution < -0.4 is 4.72 Å². The Labute approximate surface area is 141 Å². The van der Waals surface area contributed by atoms with Crippen LogP contribution in [0.3, 0.4) is 0 Å². The number of ether oxygens (including phenoxy) is 1. The lowest BCUT2D eigenvalue weighted by Crippen LogP contribution is -2.49. The van der Waals surface area contributed by atoms with Crippen LogP contribution in [0.25, 0.3) is 0 Å². The predicted octanol–water partition coefficient (Wildman–Crippen LogP) is 3.55. The van der Waals surface area contributed by atoms with E-state index < -0.39 is 26.8 Å². The van der Waals surface area contributed by atoms with Gasteiger partial charge >= 0.3 is 5.97 Å². The van der Waals surface area contributed by atoms with Crippen LogP contribution in [0.15, 0.2) is 11.6 Å². The molecule has 0 rings (SSSR count). The molecule has 0 fully saturated rings. The second kappa shape index (κ2) is 10.1. The zero-order valence-corrected chi connectivity index (χ0v) is 16.3. The van der Waals surface area contributed by atoms with E-state index in [0.29, 0.717) is 6.42 Å². The number of rotatable bonds is 10. The fourth-order valence-electron chi connectivity index (χ4n) is 2.04. The number of sulfonamides is 1. The normalized spacial score (nSPS) is 14.6. The van der Waals surface area contributed by atoms with Crippen molar-refractivity contribution in [1.82, 2.24) is 4.72 Å². The Kier molecular flexibility index (Phi) is 9.70. The Morgan fingerprint density at radius 3 is 2.22 bits per heavy atom. The van der Waals surface area contributed by atoms with Gasteiger partial charge in [0.25, 0.3) is 0 Å². The molecule has 0 spiro atoms. The van der Waals surface area contributed by atoms with Gasteiger partial charge in [0, 0.05) is 0 Å². The maximum absolute atomic E-state index is 12.5. The van der Waals surface area contributed by atoms with Crippen LogP contribution in [0.4, 0.5) is 0 Å². The average Bonchev–Trinajstić information content (AvgIpc) is 2.43. The second-order valence-electron chi connectivity index (χ2n) is 6.56. The first-order valence-electron chi connectivity index (χ1n) is 8.48. The van der Waals surface area contributed by atoms with Gasteiger partial charge in [0.1, 0.15) is 6.04 Å². The third-order valence-electron chi connectivity index (χ3n) is 3.51. The molecule has 0 aromatic carbocycles. The van der Waals surface area contributed by atoms with E-state index >= 15 is 0 Å². The molecule has 0 amide bonds. The highest BCUT2D eigenvalue weighted by Crippen LogP contribution is 2.20. The molecule has 23 heavy (non-hydrogen) atoms. The monoisotopic (exact) mass is 347 g/mol. The molecule has 0 heterocycles. The van der Waals surface area contributed by atoms with Gasteiger partial charge in [-0.15, -0.1) is 0 Å². The largest absolute Gasteiger partial charge is 0.465 e. The van der Waals surface area contributed by atoms with Crippen molar-refractivity contribution >= 4 is 16.0 Å². The lowest BCUT2D eigenvalue weighted by molar-refractivity contribution is -0.144. The maximum atomic E-state index is 12.5. The fraction of sp³-hybridized carbons (Fsp3) is 0.824. The molecule has 0 aliphatic rings. The summed E-state index contributed by atoms with van der Waals surface area (Å²) >= 11 is 0. The third kappa shape index (κ3) is 7.48. The minimum absolute atomic E-state index is 0.223. The van der Waals surface area contributed by atoms with E-state index in [9.17, 15) is 13.2 Å². The van der Waals surface area contributed by atoms with Crippen molar-refractivity contribution < 1.29 is 17.9 Å². The molecule has 0 radical (unpaired) electrons. The molecule has 1 atom stereocenters. The molecule has 0 aromatic heterocycles. The molecule has 5 nitrogen and oxygen atoms in total. The van der Waals surface area contributed by atoms with Gasteiger partial charge in [-0.3, -0.25) is 0 Å². The summed E-state index contributed by atoms with van der Waals surface area (Å²) in [5.41, 5.74) is 0.798. The minimum atomic E-state index is -3.65. The molecule has 0 saturated carbocycles. The topological polar surface area (TPSA) is 72.5 Å². The maximum Gasteiger partial charge on any atom is 0.328 e. The van der Waals surface area contributed by atoms with Gasteiger partial charge < -0.3 is 4.74 Å². The summed E-state index contributed by atoms with van der Waals surface area (Å²) in [6.07, 6.45) is 6.41. The van der Waals surface area contributed by atoms with E-state index in [-0.39, 0.29) is 6.61 Å². The second-order valence-corrected chi connectivity index (χ2v) is 9.03. The molecule has 0 unspecified atom stereocenters. The fourth-order valence-corrected chi connectivity index (χ4v) is 2.95. The van der Waals surface area contributed by atoms with Crippen LogP contribution >= 0.6 is 0 Å². The van der Waals surface area contributed by atoms with Crippen molar-refractivity contribution in [2.45, 2.75) is 84.4 Å². The predicted molar refractivity (Wildman–Crippen MR) is 94.7 cm³/mol. The summed E-state index contributed by atoms with van der Waals surface area (Å²) < 4.78 is 31.6. The van der Waals surface area contributed by atoms with Crippen molar-refractivity contribution in [3.05, 3.63) is 11.6 Å². The van der Waals surface area contributed by atoms with Crippen molar-refractivity contribution in [1.29, 1.82) is 0 Å². The van der Waals surface area contributed by atoms with E-state index in [0.717, 1.165) is 31.3 Å². The summed E-state index contributed by atoms with van der Waals surface area (Å²) in [6.45, 7) is 10.8. The summed E-state index contributed by atoms with van der Waals surface area (Å²) in [5, 5.41) is 0. The number of hydrogen-bond donors (Lipinski definition) is 1. The number of nitrogens with one attached hydrogen (secondary N) is 1. The third-order valence-corrected chi connectivity index (χ3v) is 5.67. The van der Waals surface area contributed by atoms with Crippen LogP contribution in [0.2, 0.25) is 0 Å². The molecule has 136 valence electrons. The Balaban J connectivity index is 5.49.